The minimum absolute atomic E-state index is 0.0923. The van der Waals surface area contributed by atoms with E-state index in [4.69, 9.17) is 23.8 Å². The summed E-state index contributed by atoms with van der Waals surface area (Å²) in [6.07, 6.45) is 5.19. The number of benzene rings is 8. The minimum Gasteiger partial charge on any atom is -0.456 e. The fourth-order valence-electron chi connectivity index (χ4n) is 12.0. The van der Waals surface area contributed by atoms with E-state index in [9.17, 15) is 0 Å². The maximum Gasteiger partial charge on any atom is 0.163 e. The summed E-state index contributed by atoms with van der Waals surface area (Å²) < 4.78 is 15.7. The lowest BCUT2D eigenvalue weighted by Gasteiger charge is -2.29. The van der Waals surface area contributed by atoms with Crippen molar-refractivity contribution in [2.24, 2.45) is 0 Å². The van der Waals surface area contributed by atoms with Crippen LogP contribution in [-0.4, -0.2) is 19.5 Å². The van der Waals surface area contributed by atoms with Gasteiger partial charge in [-0.15, -0.1) is 0 Å². The second kappa shape index (κ2) is 18.1. The summed E-state index contributed by atoms with van der Waals surface area (Å²) >= 11 is 0. The van der Waals surface area contributed by atoms with Crippen LogP contribution in [0.3, 0.4) is 0 Å². The fraction of sp³-hybridized carbons (Fsp3) is 0.247. The van der Waals surface area contributed by atoms with E-state index in [1.165, 1.54) is 44.1 Å². The van der Waals surface area contributed by atoms with Crippen molar-refractivity contribution in [2.75, 3.05) is 0 Å². The number of aromatic nitrogens is 4. The Bertz CT molecular complexity index is 4390. The van der Waals surface area contributed by atoms with Crippen molar-refractivity contribution >= 4 is 66.9 Å². The maximum atomic E-state index is 6.52. The number of hydrogen-bond acceptors (Lipinski definition) is 5. The van der Waals surface area contributed by atoms with Gasteiger partial charge >= 0.3 is 0 Å². The molecule has 0 amide bonds. The molecule has 4 heterocycles. The first-order chi connectivity index (χ1) is 37.7. The number of para-hydroxylation sites is 2. The van der Waals surface area contributed by atoms with Crippen LogP contribution in [-0.2, 0) is 21.7 Å². The monoisotopic (exact) mass is 1030 g/mol. The molecular formula is C73H68N4O2. The normalized spacial score (nSPS) is 14.4. The molecule has 0 saturated carbocycles. The van der Waals surface area contributed by atoms with Crippen LogP contribution >= 0.6 is 0 Å². The van der Waals surface area contributed by atoms with E-state index in [0.717, 1.165) is 82.6 Å². The van der Waals surface area contributed by atoms with Gasteiger partial charge in [0.25, 0.3) is 0 Å². The second-order valence-corrected chi connectivity index (χ2v) is 26.1. The van der Waals surface area contributed by atoms with Crippen molar-refractivity contribution in [1.82, 2.24) is 19.5 Å². The Morgan fingerprint density at radius 1 is 0.418 bits per heavy atom. The summed E-state index contributed by atoms with van der Waals surface area (Å²) in [7, 11) is 0. The Kier molecular flexibility index (Phi) is 11.5. The fourth-order valence-corrected chi connectivity index (χ4v) is 12.0. The molecule has 0 radical (unpaired) electrons. The third-order valence-corrected chi connectivity index (χ3v) is 16.3. The van der Waals surface area contributed by atoms with E-state index in [1.54, 1.807) is 0 Å². The lowest BCUT2D eigenvalue weighted by Crippen LogP contribution is -2.25. The highest BCUT2D eigenvalue weighted by Crippen LogP contribution is 2.50. The van der Waals surface area contributed by atoms with Crippen LogP contribution in [0.4, 0.5) is 0 Å². The van der Waals surface area contributed by atoms with Gasteiger partial charge in [-0.3, -0.25) is 0 Å². The van der Waals surface area contributed by atoms with Gasteiger partial charge in [-0.2, -0.15) is 0 Å². The van der Waals surface area contributed by atoms with Gasteiger partial charge < -0.3 is 13.4 Å². The predicted molar refractivity (Wildman–Crippen MR) is 330 cm³/mol. The van der Waals surface area contributed by atoms with Crippen molar-refractivity contribution in [2.45, 2.75) is 117 Å². The van der Waals surface area contributed by atoms with Crippen LogP contribution in [0.25, 0.3) is 118 Å². The van der Waals surface area contributed by atoms with Gasteiger partial charge in [-0.05, 0) is 116 Å². The maximum absolute atomic E-state index is 6.52. The van der Waals surface area contributed by atoms with Crippen molar-refractivity contribution in [3.05, 3.63) is 203 Å². The van der Waals surface area contributed by atoms with Crippen molar-refractivity contribution < 1.29 is 8.83 Å². The van der Waals surface area contributed by atoms with Crippen LogP contribution in [0.15, 0.2) is 173 Å². The third-order valence-electron chi connectivity index (χ3n) is 16.3. The lowest BCUT2D eigenvalue weighted by molar-refractivity contribution is 0.567. The van der Waals surface area contributed by atoms with Gasteiger partial charge in [-0.1, -0.05) is 204 Å². The van der Waals surface area contributed by atoms with Crippen LogP contribution in [0, 0.1) is 0 Å². The molecule has 1 aliphatic carbocycles. The molecular weight excluding hydrogens is 965 g/mol. The SMILES string of the molecule is CC(C)(C)c1cc(C(C)(C)C)c2c(c1)c1cc(C(C)(C)C)cc(C(C)(C)C)c1n2-c1c(-c2ccccc2)cc(-c2nc(-c3ccc4c(c3)oc3ccccc34)nc(C3C=c4oc5ccccc5c4=CC3)n2)cc1-c1ccccc1. The van der Waals surface area contributed by atoms with Crippen LogP contribution in [0.2, 0.25) is 0 Å². The molecule has 0 saturated heterocycles. The molecule has 0 N–H and O–H groups in total. The van der Waals surface area contributed by atoms with Gasteiger partial charge in [0, 0.05) is 60.3 Å². The first-order valence-corrected chi connectivity index (χ1v) is 28.0. The highest BCUT2D eigenvalue weighted by molar-refractivity contribution is 6.14. The molecule has 79 heavy (non-hydrogen) atoms. The number of furan rings is 2. The molecule has 0 fully saturated rings. The van der Waals surface area contributed by atoms with Gasteiger partial charge in [0.15, 0.2) is 11.6 Å². The number of fused-ring (bicyclic) bond motifs is 9. The van der Waals surface area contributed by atoms with Crippen LogP contribution in [0.1, 0.15) is 124 Å². The third kappa shape index (κ3) is 8.68. The molecule has 8 aromatic carbocycles. The van der Waals surface area contributed by atoms with Gasteiger partial charge in [-0.25, -0.2) is 15.0 Å². The highest BCUT2D eigenvalue weighted by Gasteiger charge is 2.33. The second-order valence-electron chi connectivity index (χ2n) is 26.1. The van der Waals surface area contributed by atoms with Gasteiger partial charge in [0.05, 0.1) is 16.7 Å². The van der Waals surface area contributed by atoms with Gasteiger partial charge in [0.1, 0.15) is 28.0 Å². The molecule has 13 rings (SSSR count). The predicted octanol–water partition coefficient (Wildman–Crippen LogP) is 18.2. The molecule has 1 atom stereocenters. The molecule has 1 aliphatic rings. The van der Waals surface area contributed by atoms with Crippen LogP contribution in [0.5, 0.6) is 0 Å². The molecule has 6 heteroatoms. The van der Waals surface area contributed by atoms with E-state index >= 15 is 0 Å². The number of rotatable bonds is 6. The number of nitrogens with zero attached hydrogens (tertiary/aromatic N) is 4. The van der Waals surface area contributed by atoms with E-state index in [1.807, 2.05) is 24.3 Å². The molecule has 392 valence electrons. The molecule has 0 aliphatic heterocycles. The summed E-state index contributed by atoms with van der Waals surface area (Å²) in [5.74, 6) is 1.67. The number of hydrogen-bond donors (Lipinski definition) is 0. The Morgan fingerprint density at radius 2 is 0.911 bits per heavy atom. The molecule has 0 spiro atoms. The highest BCUT2D eigenvalue weighted by atomic mass is 16.3. The zero-order valence-electron chi connectivity index (χ0n) is 47.6. The summed E-state index contributed by atoms with van der Waals surface area (Å²) in [4.78, 5) is 16.4. The molecule has 1 unspecified atom stereocenters. The van der Waals surface area contributed by atoms with Crippen LogP contribution < -0.4 is 10.6 Å². The summed E-state index contributed by atoms with van der Waals surface area (Å²) in [6, 6.07) is 59.3. The Labute approximate surface area is 463 Å². The topological polar surface area (TPSA) is 69.9 Å². The van der Waals surface area contributed by atoms with Gasteiger partial charge in [0.2, 0.25) is 0 Å². The smallest absolute Gasteiger partial charge is 0.163 e. The summed E-state index contributed by atoms with van der Waals surface area (Å²) in [5.41, 5.74) is 17.6. The Hall–Kier alpha value is -8.35. The molecule has 6 nitrogen and oxygen atoms in total. The minimum atomic E-state index is -0.222. The summed E-state index contributed by atoms with van der Waals surface area (Å²) in [6.45, 7) is 28.3. The largest absolute Gasteiger partial charge is 0.456 e. The Morgan fingerprint density at radius 3 is 1.46 bits per heavy atom. The van der Waals surface area contributed by atoms with E-state index in [2.05, 4.69) is 239 Å². The molecule has 4 aromatic heterocycles. The average molecular weight is 1030 g/mol. The lowest BCUT2D eigenvalue weighted by atomic mass is 9.78. The van der Waals surface area contributed by atoms with Crippen molar-refractivity contribution in [3.8, 4) is 50.7 Å². The first kappa shape index (κ1) is 50.2. The van der Waals surface area contributed by atoms with Crippen molar-refractivity contribution in [1.29, 1.82) is 0 Å². The van der Waals surface area contributed by atoms with E-state index < -0.39 is 0 Å². The average Bonchev–Trinajstić information content (AvgIpc) is 4.27. The molecule has 0 bridgehead atoms. The standard InChI is InChI=1S/C73H68N4O2/c1-70(2,3)48-39-56-57-40-49(71(4,5)6)42-59(73(10,11)12)66(57)77(65(56)58(41-48)72(7,8)9)64-54(43-23-15-13-16-24-43)35-47(36-55(64)44-25-17-14-18-26-44)69-75-67(45-31-33-52-50-27-19-21-29-60(50)78-62(52)37-45)74-68(76-69)46-32-34-53-51-28-20-22-30-61(51)79-63(53)38-46/h13-31,33-42,46H,32H2,1-12H3. The zero-order chi connectivity index (χ0) is 54.9. The van der Waals surface area contributed by atoms with Crippen molar-refractivity contribution in [3.63, 3.8) is 0 Å². The Balaban J connectivity index is 1.16. The van der Waals surface area contributed by atoms with E-state index in [-0.39, 0.29) is 27.6 Å². The molecule has 12 aromatic rings. The zero-order valence-corrected chi connectivity index (χ0v) is 47.6. The first-order valence-electron chi connectivity index (χ1n) is 28.0. The quantitative estimate of drug-likeness (QED) is 0.166. The summed E-state index contributed by atoms with van der Waals surface area (Å²) in [5, 5.41) is 6.90. The van der Waals surface area contributed by atoms with E-state index in [0.29, 0.717) is 23.9 Å².